The molecule has 17 heavy (non-hydrogen) atoms. The van der Waals surface area contributed by atoms with E-state index in [1.165, 1.54) is 6.20 Å². The van der Waals surface area contributed by atoms with Gasteiger partial charge in [0.25, 0.3) is 5.92 Å². The Hall–Kier alpha value is -1.41. The topological polar surface area (TPSA) is 39.9 Å². The molecule has 90 valence electrons. The quantitative estimate of drug-likeness (QED) is 0.727. The van der Waals surface area contributed by atoms with Crippen LogP contribution in [0.2, 0.25) is 5.15 Å². The van der Waals surface area contributed by atoms with Gasteiger partial charge in [-0.2, -0.15) is 5.26 Å². The molecule has 0 radical (unpaired) electrons. The minimum Gasteiger partial charge on any atom is -0.370 e. The zero-order valence-electron chi connectivity index (χ0n) is 8.96. The maximum Gasteiger partial charge on any atom is 0.251 e. The van der Waals surface area contributed by atoms with E-state index in [-0.39, 0.29) is 31.1 Å². The summed E-state index contributed by atoms with van der Waals surface area (Å²) in [5.41, 5.74) is 0.947. The van der Waals surface area contributed by atoms with E-state index in [0.29, 0.717) is 11.3 Å². The van der Waals surface area contributed by atoms with E-state index in [9.17, 15) is 8.78 Å². The monoisotopic (exact) mass is 257 g/mol. The number of nitriles is 1. The van der Waals surface area contributed by atoms with Gasteiger partial charge in [-0.05, 0) is 0 Å². The SMILES string of the molecule is N#Cc1cnc(Cl)cc1N1CCC(F)(F)CC1. The van der Waals surface area contributed by atoms with Gasteiger partial charge in [-0.15, -0.1) is 0 Å². The summed E-state index contributed by atoms with van der Waals surface area (Å²) >= 11 is 5.75. The molecule has 1 aromatic rings. The minimum absolute atomic E-state index is 0.197. The van der Waals surface area contributed by atoms with Crippen LogP contribution in [0.5, 0.6) is 0 Å². The van der Waals surface area contributed by atoms with Crippen molar-refractivity contribution in [3.63, 3.8) is 0 Å². The molecule has 0 aromatic carbocycles. The first-order valence-electron chi connectivity index (χ1n) is 5.20. The zero-order valence-corrected chi connectivity index (χ0v) is 9.71. The molecule has 0 amide bonds. The van der Waals surface area contributed by atoms with Gasteiger partial charge in [0, 0.05) is 38.2 Å². The molecule has 6 heteroatoms. The van der Waals surface area contributed by atoms with Crippen molar-refractivity contribution in [3.8, 4) is 6.07 Å². The molecule has 0 aliphatic carbocycles. The van der Waals surface area contributed by atoms with Gasteiger partial charge in [0.15, 0.2) is 0 Å². The fourth-order valence-corrected chi connectivity index (χ4v) is 1.99. The first-order valence-corrected chi connectivity index (χ1v) is 5.58. The fourth-order valence-electron chi connectivity index (χ4n) is 1.84. The van der Waals surface area contributed by atoms with Crippen molar-refractivity contribution in [3.05, 3.63) is 23.0 Å². The highest BCUT2D eigenvalue weighted by Gasteiger charge is 2.34. The van der Waals surface area contributed by atoms with E-state index in [0.717, 1.165) is 0 Å². The van der Waals surface area contributed by atoms with Gasteiger partial charge in [0.1, 0.15) is 11.2 Å². The van der Waals surface area contributed by atoms with Crippen molar-refractivity contribution in [2.45, 2.75) is 18.8 Å². The summed E-state index contributed by atoms with van der Waals surface area (Å²) in [7, 11) is 0. The molecule has 1 aromatic heterocycles. The van der Waals surface area contributed by atoms with E-state index in [1.54, 1.807) is 11.0 Å². The van der Waals surface area contributed by atoms with Crippen molar-refractivity contribution in [2.75, 3.05) is 18.0 Å². The van der Waals surface area contributed by atoms with Crippen LogP contribution in [0.1, 0.15) is 18.4 Å². The number of rotatable bonds is 1. The first-order chi connectivity index (χ1) is 8.02. The molecule has 0 unspecified atom stereocenters. The standard InChI is InChI=1S/C11H10ClF2N3/c12-10-5-9(8(6-15)7-16-10)17-3-1-11(13,14)2-4-17/h5,7H,1-4H2. The molecule has 0 bridgehead atoms. The van der Waals surface area contributed by atoms with E-state index in [2.05, 4.69) is 4.98 Å². The Labute approximate surface area is 103 Å². The number of anilines is 1. The summed E-state index contributed by atoms with van der Waals surface area (Å²) in [6.07, 6.45) is 0.972. The average molecular weight is 258 g/mol. The molecule has 0 atom stereocenters. The van der Waals surface area contributed by atoms with E-state index in [1.807, 2.05) is 6.07 Å². The van der Waals surface area contributed by atoms with Crippen molar-refractivity contribution in [1.82, 2.24) is 4.98 Å². The van der Waals surface area contributed by atoms with E-state index >= 15 is 0 Å². The predicted octanol–water partition coefficient (Wildman–Crippen LogP) is 2.84. The van der Waals surface area contributed by atoms with E-state index in [4.69, 9.17) is 16.9 Å². The van der Waals surface area contributed by atoms with Gasteiger partial charge < -0.3 is 4.90 Å². The number of piperidine rings is 1. The van der Waals surface area contributed by atoms with Crippen LogP contribution < -0.4 is 4.90 Å². The Kier molecular flexibility index (Phi) is 3.16. The molecule has 3 nitrogen and oxygen atoms in total. The Bertz CT molecular complexity index is 460. The molecular formula is C11H10ClF2N3. The van der Waals surface area contributed by atoms with Crippen molar-refractivity contribution in [1.29, 1.82) is 5.26 Å². The van der Waals surface area contributed by atoms with Crippen LogP contribution in [0.4, 0.5) is 14.5 Å². The minimum atomic E-state index is -2.60. The van der Waals surface area contributed by atoms with Crippen molar-refractivity contribution in [2.24, 2.45) is 0 Å². The lowest BCUT2D eigenvalue weighted by atomic mass is 10.1. The van der Waals surface area contributed by atoms with Crippen molar-refractivity contribution >= 4 is 17.3 Å². The number of alkyl halides is 2. The normalized spacial score (nSPS) is 18.8. The van der Waals surface area contributed by atoms with Crippen LogP contribution in [-0.4, -0.2) is 24.0 Å². The number of halogens is 3. The van der Waals surface area contributed by atoms with Gasteiger partial charge in [-0.3, -0.25) is 0 Å². The molecule has 0 N–H and O–H groups in total. The molecule has 2 rings (SSSR count). The second-order valence-electron chi connectivity index (χ2n) is 3.98. The molecule has 1 fully saturated rings. The largest absolute Gasteiger partial charge is 0.370 e. The second kappa shape index (κ2) is 4.46. The molecule has 2 heterocycles. The number of aromatic nitrogens is 1. The van der Waals surface area contributed by atoms with E-state index < -0.39 is 5.92 Å². The molecule has 0 spiro atoms. The molecule has 1 aliphatic heterocycles. The second-order valence-corrected chi connectivity index (χ2v) is 4.37. The van der Waals surface area contributed by atoms with Gasteiger partial charge in [-0.25, -0.2) is 13.8 Å². The lowest BCUT2D eigenvalue weighted by Gasteiger charge is -2.33. The summed E-state index contributed by atoms with van der Waals surface area (Å²) in [6, 6.07) is 3.54. The smallest absolute Gasteiger partial charge is 0.251 e. The highest BCUT2D eigenvalue weighted by atomic mass is 35.5. The Morgan fingerprint density at radius 1 is 1.41 bits per heavy atom. The average Bonchev–Trinajstić information content (AvgIpc) is 2.29. The third-order valence-electron chi connectivity index (χ3n) is 2.80. The third kappa shape index (κ3) is 2.64. The van der Waals surface area contributed by atoms with Gasteiger partial charge in [0.05, 0.1) is 11.3 Å². The number of hydrogen-bond donors (Lipinski definition) is 0. The summed E-state index contributed by atoms with van der Waals surface area (Å²) < 4.78 is 26.1. The highest BCUT2D eigenvalue weighted by molar-refractivity contribution is 6.29. The Morgan fingerprint density at radius 2 is 2.06 bits per heavy atom. The molecule has 1 saturated heterocycles. The van der Waals surface area contributed by atoms with Gasteiger partial charge in [-0.1, -0.05) is 11.6 Å². The Morgan fingerprint density at radius 3 is 2.65 bits per heavy atom. The predicted molar refractivity (Wildman–Crippen MR) is 60.4 cm³/mol. The highest BCUT2D eigenvalue weighted by Crippen LogP contribution is 2.32. The van der Waals surface area contributed by atoms with Crippen LogP contribution in [0.25, 0.3) is 0 Å². The lowest BCUT2D eigenvalue weighted by molar-refractivity contribution is -0.0220. The number of pyridine rings is 1. The number of hydrogen-bond acceptors (Lipinski definition) is 3. The number of nitrogens with zero attached hydrogens (tertiary/aromatic N) is 3. The fraction of sp³-hybridized carbons (Fsp3) is 0.455. The van der Waals surface area contributed by atoms with Gasteiger partial charge in [0.2, 0.25) is 0 Å². The van der Waals surface area contributed by atoms with Gasteiger partial charge >= 0.3 is 0 Å². The summed E-state index contributed by atoms with van der Waals surface area (Å²) in [6.45, 7) is 0.448. The summed E-state index contributed by atoms with van der Waals surface area (Å²) in [4.78, 5) is 5.56. The molecule has 0 saturated carbocycles. The summed E-state index contributed by atoms with van der Waals surface area (Å²) in [5, 5.41) is 9.20. The first kappa shape index (κ1) is 12.1. The Balaban J connectivity index is 2.24. The molecular weight excluding hydrogens is 248 g/mol. The van der Waals surface area contributed by atoms with Crippen molar-refractivity contribution < 1.29 is 8.78 Å². The van der Waals surface area contributed by atoms with Crippen LogP contribution >= 0.6 is 11.6 Å². The van der Waals surface area contributed by atoms with Crippen LogP contribution in [-0.2, 0) is 0 Å². The van der Waals surface area contributed by atoms with Crippen LogP contribution in [0.3, 0.4) is 0 Å². The van der Waals surface area contributed by atoms with Crippen LogP contribution in [0, 0.1) is 11.3 Å². The maximum absolute atomic E-state index is 13.0. The zero-order chi connectivity index (χ0) is 12.5. The molecule has 1 aliphatic rings. The maximum atomic E-state index is 13.0. The summed E-state index contributed by atoms with van der Waals surface area (Å²) in [5.74, 6) is -2.60. The lowest BCUT2D eigenvalue weighted by Crippen LogP contribution is -2.39. The van der Waals surface area contributed by atoms with Crippen LogP contribution in [0.15, 0.2) is 12.3 Å². The third-order valence-corrected chi connectivity index (χ3v) is 3.01.